The first-order valence-electron chi connectivity index (χ1n) is 9.50. The van der Waals surface area contributed by atoms with E-state index in [9.17, 15) is 4.79 Å². The van der Waals surface area contributed by atoms with Gasteiger partial charge in [0, 0.05) is 30.1 Å². The maximum Gasteiger partial charge on any atom is 0.281 e. The summed E-state index contributed by atoms with van der Waals surface area (Å²) in [5, 5.41) is 7.71. The standard InChI is InChI=1S/C23H21N5O2/c1-16-6-3-4-8-20(16)22(29)28-23(25-14-17-9-11-19(30-2)12-10-17)26-21(27-28)18-7-5-13-24-15-18/h3-13,15H,14H2,1-2H3,(H,25,26,27). The Labute approximate surface area is 174 Å². The molecule has 0 aliphatic carbocycles. The number of methoxy groups -OCH3 is 1. The van der Waals surface area contributed by atoms with Crippen molar-refractivity contribution in [3.8, 4) is 17.1 Å². The van der Waals surface area contributed by atoms with Crippen LogP contribution in [-0.4, -0.2) is 32.8 Å². The summed E-state index contributed by atoms with van der Waals surface area (Å²) < 4.78 is 6.51. The van der Waals surface area contributed by atoms with Gasteiger partial charge in [0.15, 0.2) is 5.82 Å². The van der Waals surface area contributed by atoms with Gasteiger partial charge in [-0.1, -0.05) is 30.3 Å². The maximum absolute atomic E-state index is 13.2. The lowest BCUT2D eigenvalue weighted by atomic mass is 10.1. The molecule has 0 saturated carbocycles. The van der Waals surface area contributed by atoms with E-state index in [1.165, 1.54) is 4.68 Å². The molecular weight excluding hydrogens is 378 g/mol. The summed E-state index contributed by atoms with van der Waals surface area (Å²) in [6.45, 7) is 2.38. The molecule has 30 heavy (non-hydrogen) atoms. The average molecular weight is 399 g/mol. The summed E-state index contributed by atoms with van der Waals surface area (Å²) in [6.07, 6.45) is 3.35. The van der Waals surface area contributed by atoms with Crippen LogP contribution in [0.4, 0.5) is 5.95 Å². The highest BCUT2D eigenvalue weighted by Gasteiger charge is 2.20. The number of carbonyl (C=O) groups excluding carboxylic acids is 1. The minimum absolute atomic E-state index is 0.243. The van der Waals surface area contributed by atoms with Crippen molar-refractivity contribution >= 4 is 11.9 Å². The lowest BCUT2D eigenvalue weighted by Gasteiger charge is -2.09. The van der Waals surface area contributed by atoms with Crippen LogP contribution in [0, 0.1) is 6.92 Å². The van der Waals surface area contributed by atoms with Crippen molar-refractivity contribution < 1.29 is 9.53 Å². The quantitative estimate of drug-likeness (QED) is 0.529. The molecule has 0 unspecified atom stereocenters. The number of ether oxygens (including phenoxy) is 1. The third kappa shape index (κ3) is 4.05. The van der Waals surface area contributed by atoms with Gasteiger partial charge in [-0.3, -0.25) is 9.78 Å². The van der Waals surface area contributed by atoms with Gasteiger partial charge in [-0.25, -0.2) is 0 Å². The van der Waals surface area contributed by atoms with Gasteiger partial charge in [0.2, 0.25) is 5.95 Å². The van der Waals surface area contributed by atoms with Crippen molar-refractivity contribution in [1.29, 1.82) is 0 Å². The van der Waals surface area contributed by atoms with Crippen LogP contribution >= 0.6 is 0 Å². The van der Waals surface area contributed by atoms with Crippen LogP contribution < -0.4 is 10.1 Å². The molecule has 0 radical (unpaired) electrons. The normalized spacial score (nSPS) is 10.6. The number of rotatable bonds is 6. The number of benzene rings is 2. The summed E-state index contributed by atoms with van der Waals surface area (Å²) >= 11 is 0. The van der Waals surface area contributed by atoms with Crippen molar-refractivity contribution in [2.24, 2.45) is 0 Å². The number of anilines is 1. The molecule has 2 aromatic heterocycles. The number of pyridine rings is 1. The van der Waals surface area contributed by atoms with Gasteiger partial charge in [-0.05, 0) is 48.4 Å². The van der Waals surface area contributed by atoms with E-state index in [2.05, 4.69) is 20.4 Å². The number of nitrogens with one attached hydrogen (secondary N) is 1. The molecule has 2 aromatic carbocycles. The van der Waals surface area contributed by atoms with Crippen molar-refractivity contribution in [3.63, 3.8) is 0 Å². The summed E-state index contributed by atoms with van der Waals surface area (Å²) in [6, 6.07) is 18.8. The summed E-state index contributed by atoms with van der Waals surface area (Å²) in [7, 11) is 1.63. The Morgan fingerprint density at radius 2 is 1.87 bits per heavy atom. The first kappa shape index (κ1) is 19.3. The van der Waals surface area contributed by atoms with Crippen molar-refractivity contribution in [2.75, 3.05) is 12.4 Å². The topological polar surface area (TPSA) is 81.9 Å². The van der Waals surface area contributed by atoms with Gasteiger partial charge < -0.3 is 10.1 Å². The molecule has 2 heterocycles. The van der Waals surface area contributed by atoms with Crippen molar-refractivity contribution in [2.45, 2.75) is 13.5 Å². The van der Waals surface area contributed by atoms with E-state index in [1.807, 2.05) is 61.5 Å². The molecule has 4 aromatic rings. The third-order valence-electron chi connectivity index (χ3n) is 4.70. The van der Waals surface area contributed by atoms with Gasteiger partial charge in [-0.2, -0.15) is 9.67 Å². The molecular formula is C23H21N5O2. The Kier molecular flexibility index (Phi) is 5.52. The van der Waals surface area contributed by atoms with E-state index in [0.717, 1.165) is 22.4 Å². The fraction of sp³-hybridized carbons (Fsp3) is 0.130. The minimum Gasteiger partial charge on any atom is -0.497 e. The number of aryl methyl sites for hydroxylation is 1. The van der Waals surface area contributed by atoms with Crippen LogP contribution in [0.15, 0.2) is 73.1 Å². The SMILES string of the molecule is COc1ccc(CNc2nc(-c3cccnc3)nn2C(=O)c2ccccc2C)cc1. The molecule has 7 heteroatoms. The Morgan fingerprint density at radius 1 is 1.07 bits per heavy atom. The van der Waals surface area contributed by atoms with Crippen molar-refractivity contribution in [3.05, 3.63) is 89.7 Å². The highest BCUT2D eigenvalue weighted by Crippen LogP contribution is 2.20. The van der Waals surface area contributed by atoms with Gasteiger partial charge in [0.05, 0.1) is 7.11 Å². The van der Waals surface area contributed by atoms with Crippen LogP contribution in [0.2, 0.25) is 0 Å². The van der Waals surface area contributed by atoms with E-state index >= 15 is 0 Å². The third-order valence-corrected chi connectivity index (χ3v) is 4.70. The van der Waals surface area contributed by atoms with Crippen LogP contribution in [0.25, 0.3) is 11.4 Å². The predicted molar refractivity (Wildman–Crippen MR) is 114 cm³/mol. The second-order valence-electron chi connectivity index (χ2n) is 6.73. The highest BCUT2D eigenvalue weighted by molar-refractivity contribution is 5.98. The Hall–Kier alpha value is -4.00. The summed E-state index contributed by atoms with van der Waals surface area (Å²) in [5.74, 6) is 1.35. The molecule has 0 aliphatic heterocycles. The number of carbonyl (C=O) groups is 1. The molecule has 0 saturated heterocycles. The smallest absolute Gasteiger partial charge is 0.281 e. The van der Waals surface area contributed by atoms with Gasteiger partial charge in [0.25, 0.3) is 5.91 Å². The largest absolute Gasteiger partial charge is 0.497 e. The Bertz CT molecular complexity index is 1150. The monoisotopic (exact) mass is 399 g/mol. The minimum atomic E-state index is -0.243. The average Bonchev–Trinajstić information content (AvgIpc) is 3.23. The molecule has 0 aliphatic rings. The second kappa shape index (κ2) is 8.57. The van der Waals surface area contributed by atoms with E-state index in [4.69, 9.17) is 4.74 Å². The summed E-state index contributed by atoms with van der Waals surface area (Å²) in [4.78, 5) is 21.9. The van der Waals surface area contributed by atoms with E-state index in [1.54, 1.807) is 25.6 Å². The van der Waals surface area contributed by atoms with Gasteiger partial charge in [-0.15, -0.1) is 5.10 Å². The lowest BCUT2D eigenvalue weighted by Crippen LogP contribution is -2.18. The number of hydrogen-bond acceptors (Lipinski definition) is 6. The molecule has 0 amide bonds. The zero-order valence-electron chi connectivity index (χ0n) is 16.7. The van der Waals surface area contributed by atoms with Gasteiger partial charge in [0.1, 0.15) is 5.75 Å². The fourth-order valence-electron chi connectivity index (χ4n) is 3.04. The molecule has 7 nitrogen and oxygen atoms in total. The first-order chi connectivity index (χ1) is 14.7. The molecule has 150 valence electrons. The summed E-state index contributed by atoms with van der Waals surface area (Å²) in [5.41, 5.74) is 3.22. The molecule has 0 atom stereocenters. The van der Waals surface area contributed by atoms with Crippen LogP contribution in [0.3, 0.4) is 0 Å². The fourth-order valence-corrected chi connectivity index (χ4v) is 3.04. The second-order valence-corrected chi connectivity index (χ2v) is 6.73. The number of aromatic nitrogens is 4. The van der Waals surface area contributed by atoms with Crippen LogP contribution in [0.5, 0.6) is 5.75 Å². The van der Waals surface area contributed by atoms with Gasteiger partial charge >= 0.3 is 0 Å². The zero-order chi connectivity index (χ0) is 20.9. The molecule has 4 rings (SSSR count). The number of hydrogen-bond donors (Lipinski definition) is 1. The van der Waals surface area contributed by atoms with Crippen molar-refractivity contribution in [1.82, 2.24) is 19.7 Å². The molecule has 1 N–H and O–H groups in total. The lowest BCUT2D eigenvalue weighted by molar-refractivity contribution is 0.0947. The Balaban J connectivity index is 1.67. The Morgan fingerprint density at radius 3 is 2.57 bits per heavy atom. The maximum atomic E-state index is 13.2. The van der Waals surface area contributed by atoms with Crippen LogP contribution in [-0.2, 0) is 6.54 Å². The van der Waals surface area contributed by atoms with E-state index in [-0.39, 0.29) is 5.91 Å². The zero-order valence-corrected chi connectivity index (χ0v) is 16.7. The molecule has 0 fully saturated rings. The molecule has 0 bridgehead atoms. The first-order valence-corrected chi connectivity index (χ1v) is 9.50. The van der Waals surface area contributed by atoms with Crippen LogP contribution in [0.1, 0.15) is 21.5 Å². The highest BCUT2D eigenvalue weighted by atomic mass is 16.5. The van der Waals surface area contributed by atoms with E-state index in [0.29, 0.717) is 23.9 Å². The predicted octanol–water partition coefficient (Wildman–Crippen LogP) is 3.96. The van der Waals surface area contributed by atoms with E-state index < -0.39 is 0 Å². The number of nitrogens with zero attached hydrogens (tertiary/aromatic N) is 4. The molecule has 0 spiro atoms.